The molecule has 0 saturated carbocycles. The number of ether oxygens (including phenoxy) is 1. The number of hydrogen-bond acceptors (Lipinski definition) is 5. The second kappa shape index (κ2) is 5.60. The minimum atomic E-state index is -0.729. The average molecular weight is 337 g/mol. The first-order chi connectivity index (χ1) is 11.8. The fraction of sp³-hybridized carbons (Fsp3) is 0.222. The minimum absolute atomic E-state index is 0.408. The van der Waals surface area contributed by atoms with E-state index in [4.69, 9.17) is 4.74 Å². The fourth-order valence-electron chi connectivity index (χ4n) is 2.82. The molecule has 0 fully saturated rings. The van der Waals surface area contributed by atoms with E-state index in [0.717, 1.165) is 5.57 Å². The summed E-state index contributed by atoms with van der Waals surface area (Å²) in [4.78, 5) is 23.0. The second-order valence-electron chi connectivity index (χ2n) is 6.23. The monoisotopic (exact) mass is 337 g/mol. The maximum atomic E-state index is 12.6. The van der Waals surface area contributed by atoms with Crippen LogP contribution in [0.3, 0.4) is 0 Å². The number of rotatable bonds is 2. The average Bonchev–Trinajstić information content (AvgIpc) is 2.56. The van der Waals surface area contributed by atoms with Crippen LogP contribution in [0.15, 0.2) is 46.9 Å². The predicted molar refractivity (Wildman–Crippen MR) is 91.2 cm³/mol. The Morgan fingerprint density at radius 1 is 1.32 bits per heavy atom. The number of nitro groups is 1. The predicted octanol–water partition coefficient (Wildman–Crippen LogP) is 3.08. The summed E-state index contributed by atoms with van der Waals surface area (Å²) in [6, 6.07) is 9.60. The summed E-state index contributed by atoms with van der Waals surface area (Å²) < 4.78 is 7.23. The van der Waals surface area contributed by atoms with E-state index in [0.29, 0.717) is 22.6 Å². The molecule has 0 saturated heterocycles. The molecule has 0 unspecified atom stereocenters. The Morgan fingerprint density at radius 2 is 2.04 bits per heavy atom. The first-order valence-electron chi connectivity index (χ1n) is 7.57. The van der Waals surface area contributed by atoms with Gasteiger partial charge in [-0.15, -0.1) is 0 Å². The molecule has 0 bridgehead atoms. The topological polar surface area (TPSA) is 98.2 Å². The van der Waals surface area contributed by atoms with E-state index >= 15 is 0 Å². The summed E-state index contributed by atoms with van der Waals surface area (Å²) in [6.45, 7) is 5.51. The molecule has 0 atom stereocenters. The zero-order valence-corrected chi connectivity index (χ0v) is 13.9. The van der Waals surface area contributed by atoms with Crippen molar-refractivity contribution in [1.29, 1.82) is 5.26 Å². The standard InChI is InChI=1S/C18H15N3O4/c1-11-16(20-8-4-5-14(17(20)22)21(23)24)13-9-12(10-19)6-7-15(13)25-18(11,2)3/h4-9H,1-3H3. The Kier molecular flexibility index (Phi) is 3.68. The van der Waals surface area contributed by atoms with Gasteiger partial charge in [-0.1, -0.05) is 0 Å². The van der Waals surface area contributed by atoms with Crippen molar-refractivity contribution >= 4 is 11.4 Å². The molecule has 1 aliphatic rings. The minimum Gasteiger partial charge on any atom is -0.483 e. The highest BCUT2D eigenvalue weighted by molar-refractivity contribution is 5.77. The maximum Gasteiger partial charge on any atom is 0.334 e. The summed E-state index contributed by atoms with van der Waals surface area (Å²) in [6.07, 6.45) is 1.48. The van der Waals surface area contributed by atoms with Gasteiger partial charge in [0.15, 0.2) is 0 Å². The quantitative estimate of drug-likeness (QED) is 0.619. The molecule has 25 heavy (non-hydrogen) atoms. The largest absolute Gasteiger partial charge is 0.483 e. The van der Waals surface area contributed by atoms with Crippen molar-refractivity contribution < 1.29 is 9.66 Å². The Labute approximate surface area is 143 Å². The highest BCUT2D eigenvalue weighted by Gasteiger charge is 2.34. The van der Waals surface area contributed by atoms with Crippen LogP contribution < -0.4 is 10.3 Å². The SMILES string of the molecule is CC1=C(n2cccc([N+](=O)[O-])c2=O)c2cc(C#N)ccc2OC1(C)C. The third-order valence-corrected chi connectivity index (χ3v) is 4.35. The molecular weight excluding hydrogens is 322 g/mol. The lowest BCUT2D eigenvalue weighted by molar-refractivity contribution is -0.386. The molecule has 126 valence electrons. The summed E-state index contributed by atoms with van der Waals surface area (Å²) in [5, 5.41) is 20.3. The molecule has 0 radical (unpaired) electrons. The number of benzene rings is 1. The van der Waals surface area contributed by atoms with Crippen molar-refractivity contribution in [3.8, 4) is 11.8 Å². The van der Waals surface area contributed by atoms with Gasteiger partial charge in [-0.2, -0.15) is 5.26 Å². The van der Waals surface area contributed by atoms with Crippen molar-refractivity contribution in [3.63, 3.8) is 0 Å². The summed E-state index contributed by atoms with van der Waals surface area (Å²) in [7, 11) is 0. The molecule has 1 aromatic heterocycles. The van der Waals surface area contributed by atoms with E-state index in [1.807, 2.05) is 20.8 Å². The Hall–Kier alpha value is -3.40. The molecule has 2 aromatic rings. The van der Waals surface area contributed by atoms with Gasteiger partial charge in [0.1, 0.15) is 11.4 Å². The Morgan fingerprint density at radius 3 is 2.68 bits per heavy atom. The number of fused-ring (bicyclic) bond motifs is 1. The third-order valence-electron chi connectivity index (χ3n) is 4.35. The Bertz CT molecular complexity index is 1030. The zero-order chi connectivity index (χ0) is 18.4. The van der Waals surface area contributed by atoms with Crippen LogP contribution in [0.4, 0.5) is 5.69 Å². The molecule has 1 aromatic carbocycles. The van der Waals surface area contributed by atoms with E-state index in [1.54, 1.807) is 18.2 Å². The van der Waals surface area contributed by atoms with Crippen molar-refractivity contribution in [2.24, 2.45) is 0 Å². The molecule has 0 aliphatic carbocycles. The van der Waals surface area contributed by atoms with E-state index < -0.39 is 21.8 Å². The normalized spacial score (nSPS) is 15.1. The third kappa shape index (κ3) is 2.58. The molecular formula is C18H15N3O4. The molecule has 7 heteroatoms. The summed E-state index contributed by atoms with van der Waals surface area (Å²) >= 11 is 0. The first-order valence-corrected chi connectivity index (χ1v) is 7.57. The van der Waals surface area contributed by atoms with Gasteiger partial charge in [-0.25, -0.2) is 0 Å². The molecule has 7 nitrogen and oxygen atoms in total. The van der Waals surface area contributed by atoms with E-state index in [2.05, 4.69) is 6.07 Å². The van der Waals surface area contributed by atoms with Gasteiger partial charge in [0, 0.05) is 17.8 Å². The maximum absolute atomic E-state index is 12.6. The van der Waals surface area contributed by atoms with Gasteiger partial charge in [0.2, 0.25) is 0 Å². The lowest BCUT2D eigenvalue weighted by Crippen LogP contribution is -2.36. The second-order valence-corrected chi connectivity index (χ2v) is 6.23. The van der Waals surface area contributed by atoms with Crippen LogP contribution in [0, 0.1) is 21.4 Å². The van der Waals surface area contributed by atoms with Gasteiger partial charge in [-0.3, -0.25) is 19.5 Å². The number of pyridine rings is 1. The highest BCUT2D eigenvalue weighted by Crippen LogP contribution is 2.41. The van der Waals surface area contributed by atoms with Crippen molar-refractivity contribution in [2.45, 2.75) is 26.4 Å². The molecule has 3 rings (SSSR count). The van der Waals surface area contributed by atoms with Crippen LogP contribution in [0.1, 0.15) is 31.9 Å². The van der Waals surface area contributed by atoms with Crippen LogP contribution >= 0.6 is 0 Å². The number of nitrogens with zero attached hydrogens (tertiary/aromatic N) is 3. The lowest BCUT2D eigenvalue weighted by Gasteiger charge is -2.36. The van der Waals surface area contributed by atoms with Gasteiger partial charge < -0.3 is 4.74 Å². The number of hydrogen-bond donors (Lipinski definition) is 0. The summed E-state index contributed by atoms with van der Waals surface area (Å²) in [5.74, 6) is 0.517. The van der Waals surface area contributed by atoms with Crippen LogP contribution in [0.5, 0.6) is 5.75 Å². The van der Waals surface area contributed by atoms with Crippen LogP contribution in [0.2, 0.25) is 0 Å². The van der Waals surface area contributed by atoms with Crippen LogP contribution in [0.25, 0.3) is 5.70 Å². The van der Waals surface area contributed by atoms with E-state index in [9.17, 15) is 20.2 Å². The van der Waals surface area contributed by atoms with Crippen LogP contribution in [-0.2, 0) is 0 Å². The number of nitriles is 1. The highest BCUT2D eigenvalue weighted by atomic mass is 16.6. The first kappa shape index (κ1) is 16.5. The summed E-state index contributed by atoms with van der Waals surface area (Å²) in [5.41, 5.74) is 0.248. The van der Waals surface area contributed by atoms with Gasteiger partial charge in [-0.05, 0) is 50.6 Å². The van der Waals surface area contributed by atoms with E-state index in [1.165, 1.54) is 22.9 Å². The van der Waals surface area contributed by atoms with Crippen molar-refractivity contribution in [1.82, 2.24) is 4.57 Å². The zero-order valence-electron chi connectivity index (χ0n) is 13.9. The molecule has 0 spiro atoms. The lowest BCUT2D eigenvalue weighted by atomic mass is 9.90. The fourth-order valence-corrected chi connectivity index (χ4v) is 2.82. The van der Waals surface area contributed by atoms with Gasteiger partial charge >= 0.3 is 11.2 Å². The van der Waals surface area contributed by atoms with Gasteiger partial charge in [0.25, 0.3) is 0 Å². The molecule has 1 aliphatic heterocycles. The molecule has 2 heterocycles. The van der Waals surface area contributed by atoms with E-state index in [-0.39, 0.29) is 0 Å². The molecule has 0 N–H and O–H groups in total. The number of aromatic nitrogens is 1. The molecule has 0 amide bonds. The van der Waals surface area contributed by atoms with Crippen molar-refractivity contribution in [3.05, 3.63) is 73.7 Å². The van der Waals surface area contributed by atoms with Gasteiger partial charge in [0.05, 0.1) is 22.3 Å². The van der Waals surface area contributed by atoms with Crippen LogP contribution in [-0.4, -0.2) is 15.1 Å². The Balaban J connectivity index is 2.38. The smallest absolute Gasteiger partial charge is 0.334 e. The van der Waals surface area contributed by atoms with Crippen molar-refractivity contribution in [2.75, 3.05) is 0 Å².